The monoisotopic (exact) mass is 474 g/mol. The van der Waals surface area contributed by atoms with Crippen LogP contribution in [0.1, 0.15) is 39.2 Å². The molecule has 26 heavy (non-hydrogen) atoms. The number of nitrogens with zero attached hydrogens (tertiary/aromatic N) is 2. The molecule has 148 valence electrons. The van der Waals surface area contributed by atoms with E-state index in [9.17, 15) is 0 Å². The molecule has 1 aromatic carbocycles. The van der Waals surface area contributed by atoms with Crippen molar-refractivity contribution in [1.82, 2.24) is 15.5 Å². The van der Waals surface area contributed by atoms with Gasteiger partial charge in [0.2, 0.25) is 0 Å². The standard InChI is InChI=1S/C20H34N4O.HI/c1-20(2,3)25-18-11-7-6-10-17(18)14-23-19(21-4)22-13-16-9-8-12-24(5)15-16;/h6-7,10-11,16H,8-9,12-15H2,1-5H3,(H2,21,22,23);1H. The first-order chi connectivity index (χ1) is 11.9. The average molecular weight is 474 g/mol. The van der Waals surface area contributed by atoms with Crippen LogP contribution in [0.25, 0.3) is 0 Å². The molecule has 1 atom stereocenters. The molecule has 2 N–H and O–H groups in total. The van der Waals surface area contributed by atoms with Gasteiger partial charge in [-0.25, -0.2) is 0 Å². The number of ether oxygens (including phenoxy) is 1. The highest BCUT2D eigenvalue weighted by Crippen LogP contribution is 2.22. The fourth-order valence-corrected chi connectivity index (χ4v) is 3.16. The number of hydrogen-bond donors (Lipinski definition) is 2. The second kappa shape index (κ2) is 11.0. The van der Waals surface area contributed by atoms with Crippen LogP contribution in [-0.2, 0) is 6.54 Å². The van der Waals surface area contributed by atoms with E-state index in [0.717, 1.165) is 30.4 Å². The maximum atomic E-state index is 6.06. The van der Waals surface area contributed by atoms with Crippen LogP contribution in [0, 0.1) is 5.92 Å². The largest absolute Gasteiger partial charge is 0.488 e. The van der Waals surface area contributed by atoms with Crippen molar-refractivity contribution < 1.29 is 4.74 Å². The molecule has 1 aliphatic rings. The summed E-state index contributed by atoms with van der Waals surface area (Å²) in [6.07, 6.45) is 2.57. The molecular formula is C20H35IN4O. The van der Waals surface area contributed by atoms with Gasteiger partial charge in [0.05, 0.1) is 0 Å². The molecule has 5 nitrogen and oxygen atoms in total. The Balaban J connectivity index is 0.00000338. The van der Waals surface area contributed by atoms with E-state index in [-0.39, 0.29) is 29.6 Å². The lowest BCUT2D eigenvalue weighted by molar-refractivity contribution is 0.129. The predicted molar refractivity (Wildman–Crippen MR) is 121 cm³/mol. The van der Waals surface area contributed by atoms with Crippen molar-refractivity contribution in [3.63, 3.8) is 0 Å². The number of guanidine groups is 1. The quantitative estimate of drug-likeness (QED) is 0.390. The Kier molecular flexibility index (Phi) is 9.71. The average Bonchev–Trinajstić information content (AvgIpc) is 2.55. The zero-order valence-corrected chi connectivity index (χ0v) is 19.2. The number of benzene rings is 1. The van der Waals surface area contributed by atoms with E-state index in [1.54, 1.807) is 0 Å². The van der Waals surface area contributed by atoms with Crippen LogP contribution in [0.3, 0.4) is 0 Å². The molecule has 1 heterocycles. The maximum absolute atomic E-state index is 6.06. The summed E-state index contributed by atoms with van der Waals surface area (Å²) in [5.41, 5.74) is 0.932. The van der Waals surface area contributed by atoms with E-state index in [1.165, 1.54) is 19.4 Å². The zero-order chi connectivity index (χ0) is 18.3. The molecule has 1 fully saturated rings. The van der Waals surface area contributed by atoms with Gasteiger partial charge in [-0.1, -0.05) is 18.2 Å². The smallest absolute Gasteiger partial charge is 0.191 e. The van der Waals surface area contributed by atoms with Crippen molar-refractivity contribution in [3.8, 4) is 5.75 Å². The minimum absolute atomic E-state index is 0. The first kappa shape index (κ1) is 23.0. The van der Waals surface area contributed by atoms with Crippen molar-refractivity contribution in [2.45, 2.75) is 45.8 Å². The lowest BCUT2D eigenvalue weighted by atomic mass is 9.99. The third-order valence-corrected chi connectivity index (χ3v) is 4.34. The minimum atomic E-state index is -0.205. The molecule has 1 aliphatic heterocycles. The number of rotatable bonds is 5. The molecule has 0 saturated carbocycles. The van der Waals surface area contributed by atoms with Gasteiger partial charge in [0.1, 0.15) is 11.4 Å². The minimum Gasteiger partial charge on any atom is -0.488 e. The normalized spacial score (nSPS) is 18.8. The van der Waals surface area contributed by atoms with Gasteiger partial charge >= 0.3 is 0 Å². The van der Waals surface area contributed by atoms with Gasteiger partial charge in [0.25, 0.3) is 0 Å². The summed E-state index contributed by atoms with van der Waals surface area (Å²) < 4.78 is 6.06. The van der Waals surface area contributed by atoms with Gasteiger partial charge < -0.3 is 20.3 Å². The van der Waals surface area contributed by atoms with Crippen LogP contribution >= 0.6 is 24.0 Å². The van der Waals surface area contributed by atoms with Crippen molar-refractivity contribution in [2.24, 2.45) is 10.9 Å². The first-order valence-corrected chi connectivity index (χ1v) is 9.27. The van der Waals surface area contributed by atoms with Crippen LogP contribution in [0.15, 0.2) is 29.3 Å². The second-order valence-electron chi connectivity index (χ2n) is 7.90. The Labute approximate surface area is 176 Å². The van der Waals surface area contributed by atoms with Gasteiger partial charge in [-0.3, -0.25) is 4.99 Å². The van der Waals surface area contributed by atoms with Gasteiger partial charge in [0, 0.05) is 32.2 Å². The molecule has 0 aliphatic carbocycles. The number of aliphatic imine (C=N–C) groups is 1. The Morgan fingerprint density at radius 2 is 2.00 bits per heavy atom. The van der Waals surface area contributed by atoms with E-state index in [4.69, 9.17) is 4.74 Å². The third-order valence-electron chi connectivity index (χ3n) is 4.34. The van der Waals surface area contributed by atoms with Crippen LogP contribution < -0.4 is 15.4 Å². The summed E-state index contributed by atoms with van der Waals surface area (Å²) in [4.78, 5) is 6.76. The van der Waals surface area contributed by atoms with E-state index in [1.807, 2.05) is 25.2 Å². The summed E-state index contributed by atoms with van der Waals surface area (Å²) in [6, 6.07) is 8.17. The highest BCUT2D eigenvalue weighted by molar-refractivity contribution is 14.0. The van der Waals surface area contributed by atoms with Crippen LogP contribution in [0.2, 0.25) is 0 Å². The first-order valence-electron chi connectivity index (χ1n) is 9.27. The highest BCUT2D eigenvalue weighted by atomic mass is 127. The van der Waals surface area contributed by atoms with Gasteiger partial charge in [-0.05, 0) is 59.2 Å². The molecule has 6 heteroatoms. The number of piperidine rings is 1. The van der Waals surface area contributed by atoms with Crippen molar-refractivity contribution >= 4 is 29.9 Å². The molecule has 1 aromatic rings. The molecule has 0 amide bonds. The summed E-state index contributed by atoms with van der Waals surface area (Å²) in [7, 11) is 4.02. The highest BCUT2D eigenvalue weighted by Gasteiger charge is 2.17. The molecule has 0 radical (unpaired) electrons. The molecule has 0 bridgehead atoms. The fraction of sp³-hybridized carbons (Fsp3) is 0.650. The number of para-hydroxylation sites is 1. The van der Waals surface area contributed by atoms with E-state index >= 15 is 0 Å². The number of likely N-dealkylation sites (tertiary alicyclic amines) is 1. The van der Waals surface area contributed by atoms with E-state index < -0.39 is 0 Å². The Bertz CT molecular complexity index is 571. The van der Waals surface area contributed by atoms with Gasteiger partial charge in [-0.15, -0.1) is 24.0 Å². The van der Waals surface area contributed by atoms with E-state index in [0.29, 0.717) is 12.5 Å². The number of hydrogen-bond acceptors (Lipinski definition) is 3. The van der Waals surface area contributed by atoms with Crippen LogP contribution in [-0.4, -0.2) is 50.2 Å². The second-order valence-corrected chi connectivity index (χ2v) is 7.90. The fourth-order valence-electron chi connectivity index (χ4n) is 3.16. The summed E-state index contributed by atoms with van der Waals surface area (Å²) in [6.45, 7) is 10.2. The van der Waals surface area contributed by atoms with Crippen LogP contribution in [0.5, 0.6) is 5.75 Å². The molecule has 2 rings (SSSR count). The van der Waals surface area contributed by atoms with E-state index in [2.05, 4.69) is 54.4 Å². The summed E-state index contributed by atoms with van der Waals surface area (Å²) in [5, 5.41) is 6.88. The molecule has 1 unspecified atom stereocenters. The van der Waals surface area contributed by atoms with Gasteiger partial charge in [-0.2, -0.15) is 0 Å². The Morgan fingerprint density at radius 3 is 2.65 bits per heavy atom. The number of halogens is 1. The zero-order valence-electron chi connectivity index (χ0n) is 16.8. The van der Waals surface area contributed by atoms with Crippen LogP contribution in [0.4, 0.5) is 0 Å². The number of nitrogens with one attached hydrogen (secondary N) is 2. The molecular weight excluding hydrogens is 439 g/mol. The van der Waals surface area contributed by atoms with Crippen molar-refractivity contribution in [3.05, 3.63) is 29.8 Å². The molecule has 0 spiro atoms. The third kappa shape index (κ3) is 8.12. The summed E-state index contributed by atoms with van der Waals surface area (Å²) in [5.74, 6) is 2.46. The summed E-state index contributed by atoms with van der Waals surface area (Å²) >= 11 is 0. The molecule has 1 saturated heterocycles. The Morgan fingerprint density at radius 1 is 1.27 bits per heavy atom. The van der Waals surface area contributed by atoms with Crippen molar-refractivity contribution in [2.75, 3.05) is 33.7 Å². The Hall–Kier alpha value is -1.02. The van der Waals surface area contributed by atoms with Gasteiger partial charge in [0.15, 0.2) is 5.96 Å². The molecule has 0 aromatic heterocycles. The topological polar surface area (TPSA) is 48.9 Å². The SMILES string of the molecule is CN=C(NCc1ccccc1OC(C)(C)C)NCC1CCCN(C)C1.I. The lowest BCUT2D eigenvalue weighted by Crippen LogP contribution is -2.43. The lowest BCUT2D eigenvalue weighted by Gasteiger charge is -2.30. The van der Waals surface area contributed by atoms with Crippen molar-refractivity contribution in [1.29, 1.82) is 0 Å². The predicted octanol–water partition coefficient (Wildman–Crippen LogP) is 3.49. The maximum Gasteiger partial charge on any atom is 0.191 e.